The highest BCUT2D eigenvalue weighted by Crippen LogP contribution is 2.19. The minimum absolute atomic E-state index is 0.146. The molecule has 0 saturated heterocycles. The van der Waals surface area contributed by atoms with Crippen LogP contribution in [0.2, 0.25) is 0 Å². The summed E-state index contributed by atoms with van der Waals surface area (Å²) in [5.74, 6) is 0.163. The van der Waals surface area contributed by atoms with Gasteiger partial charge in [-0.25, -0.2) is 9.79 Å². The van der Waals surface area contributed by atoms with E-state index in [9.17, 15) is 4.79 Å². The molecular formula is C21H26ClNO4. The Bertz CT molecular complexity index is 716. The van der Waals surface area contributed by atoms with Crippen LogP contribution in [0.3, 0.4) is 0 Å². The Morgan fingerprint density at radius 2 is 2.19 bits per heavy atom. The van der Waals surface area contributed by atoms with E-state index in [4.69, 9.17) is 25.8 Å². The number of hydrogen-bond acceptors (Lipinski definition) is 5. The summed E-state index contributed by atoms with van der Waals surface area (Å²) in [4.78, 5) is 15.9. The van der Waals surface area contributed by atoms with E-state index in [0.717, 1.165) is 16.7 Å². The van der Waals surface area contributed by atoms with Crippen molar-refractivity contribution in [2.24, 2.45) is 4.99 Å². The van der Waals surface area contributed by atoms with Crippen molar-refractivity contribution in [3.05, 3.63) is 59.4 Å². The standard InChI is InChI=1S/C21H26ClNO4/c1-4-25-21(24)13-16(3)17-6-5-7-20(23-14-17)27-11-10-26-19-9-8-15(2)12-18(19)22/h5,7-9,12-14,18-19H,4,6,10-11H2,1-3H3/b16-13-. The second-order valence-corrected chi connectivity index (χ2v) is 6.71. The number of carbonyl (C=O) groups is 1. The third-order valence-electron chi connectivity index (χ3n) is 4.00. The highest BCUT2D eigenvalue weighted by atomic mass is 35.5. The molecule has 0 saturated carbocycles. The van der Waals surface area contributed by atoms with Gasteiger partial charge in [-0.05, 0) is 44.4 Å². The van der Waals surface area contributed by atoms with Crippen molar-refractivity contribution in [2.45, 2.75) is 38.7 Å². The Balaban J connectivity index is 1.82. The number of esters is 1. The normalized spacial score (nSPS) is 22.5. The maximum absolute atomic E-state index is 11.6. The van der Waals surface area contributed by atoms with E-state index >= 15 is 0 Å². The Labute approximate surface area is 165 Å². The summed E-state index contributed by atoms with van der Waals surface area (Å²) >= 11 is 6.25. The van der Waals surface area contributed by atoms with E-state index in [1.807, 2.05) is 44.2 Å². The van der Waals surface area contributed by atoms with Gasteiger partial charge >= 0.3 is 5.97 Å². The van der Waals surface area contributed by atoms with Gasteiger partial charge in [-0.15, -0.1) is 11.6 Å². The Morgan fingerprint density at radius 1 is 1.37 bits per heavy atom. The molecule has 0 fully saturated rings. The number of halogens is 1. The van der Waals surface area contributed by atoms with Crippen LogP contribution in [-0.2, 0) is 19.0 Å². The smallest absolute Gasteiger partial charge is 0.331 e. The van der Waals surface area contributed by atoms with E-state index < -0.39 is 0 Å². The van der Waals surface area contributed by atoms with Gasteiger partial charge in [0.25, 0.3) is 0 Å². The molecule has 0 N–H and O–H groups in total. The third kappa shape index (κ3) is 7.19. The third-order valence-corrected chi connectivity index (χ3v) is 4.38. The molecule has 2 unspecified atom stereocenters. The molecule has 0 aromatic rings. The summed E-state index contributed by atoms with van der Waals surface area (Å²) in [6, 6.07) is 0. The Hall–Kier alpha value is -2.11. The zero-order valence-corrected chi connectivity index (χ0v) is 16.7. The summed E-state index contributed by atoms with van der Waals surface area (Å²) < 4.78 is 16.3. The number of hydrogen-bond donors (Lipinski definition) is 0. The number of ether oxygens (including phenoxy) is 3. The fraction of sp³-hybridized carbons (Fsp3) is 0.429. The van der Waals surface area contributed by atoms with Crippen LogP contribution >= 0.6 is 11.6 Å². The molecular weight excluding hydrogens is 366 g/mol. The average molecular weight is 392 g/mol. The average Bonchev–Trinajstić information content (AvgIpc) is 2.86. The van der Waals surface area contributed by atoms with E-state index in [1.54, 1.807) is 13.1 Å². The summed E-state index contributed by atoms with van der Waals surface area (Å²) in [5, 5.41) is -0.162. The first-order valence-corrected chi connectivity index (χ1v) is 9.47. The molecule has 0 bridgehead atoms. The Kier molecular flexibility index (Phi) is 8.55. The van der Waals surface area contributed by atoms with Crippen LogP contribution in [0.25, 0.3) is 0 Å². The molecule has 27 heavy (non-hydrogen) atoms. The van der Waals surface area contributed by atoms with E-state index in [-0.39, 0.29) is 17.5 Å². The lowest BCUT2D eigenvalue weighted by Crippen LogP contribution is -2.25. The van der Waals surface area contributed by atoms with Crippen LogP contribution in [0.4, 0.5) is 0 Å². The minimum atomic E-state index is -0.346. The molecule has 2 rings (SSSR count). The number of alkyl halides is 1. The molecule has 1 heterocycles. The van der Waals surface area contributed by atoms with Gasteiger partial charge in [-0.3, -0.25) is 0 Å². The van der Waals surface area contributed by atoms with Gasteiger partial charge in [0.05, 0.1) is 24.7 Å². The van der Waals surface area contributed by atoms with Crippen molar-refractivity contribution in [3.63, 3.8) is 0 Å². The first-order valence-electron chi connectivity index (χ1n) is 9.03. The van der Waals surface area contributed by atoms with Crippen molar-refractivity contribution < 1.29 is 19.0 Å². The van der Waals surface area contributed by atoms with E-state index in [0.29, 0.717) is 32.1 Å². The molecule has 2 atom stereocenters. The maximum atomic E-state index is 11.6. The van der Waals surface area contributed by atoms with Crippen LogP contribution in [0.15, 0.2) is 64.4 Å². The van der Waals surface area contributed by atoms with Gasteiger partial charge in [0, 0.05) is 12.3 Å². The van der Waals surface area contributed by atoms with E-state index in [2.05, 4.69) is 4.99 Å². The lowest BCUT2D eigenvalue weighted by molar-refractivity contribution is -0.137. The quantitative estimate of drug-likeness (QED) is 0.281. The molecule has 0 aromatic heterocycles. The molecule has 6 heteroatoms. The minimum Gasteiger partial charge on any atom is -0.475 e. The number of nitrogens with zero attached hydrogens (tertiary/aromatic N) is 1. The van der Waals surface area contributed by atoms with Crippen molar-refractivity contribution in [1.29, 1.82) is 0 Å². The maximum Gasteiger partial charge on any atom is 0.331 e. The zero-order chi connectivity index (χ0) is 19.6. The fourth-order valence-corrected chi connectivity index (χ4v) is 2.91. The van der Waals surface area contributed by atoms with Gasteiger partial charge < -0.3 is 14.2 Å². The SMILES string of the molecule is CCOC(=O)/C=C(/C)C1=CN=C(OCCOC2C=CC(C)=CC2Cl)C=CC1. The van der Waals surface area contributed by atoms with Gasteiger partial charge in [0.2, 0.25) is 5.90 Å². The summed E-state index contributed by atoms with van der Waals surface area (Å²) in [6.07, 6.45) is 13.4. The number of allylic oxidation sites excluding steroid dienone is 5. The summed E-state index contributed by atoms with van der Waals surface area (Å²) in [6.45, 7) is 6.80. The van der Waals surface area contributed by atoms with Crippen molar-refractivity contribution >= 4 is 23.5 Å². The molecule has 1 aliphatic heterocycles. The van der Waals surface area contributed by atoms with Gasteiger partial charge in [-0.1, -0.05) is 29.9 Å². The highest BCUT2D eigenvalue weighted by molar-refractivity contribution is 6.22. The van der Waals surface area contributed by atoms with Crippen LogP contribution in [0.1, 0.15) is 27.2 Å². The second kappa shape index (κ2) is 10.9. The lowest BCUT2D eigenvalue weighted by Gasteiger charge is -2.20. The predicted molar refractivity (Wildman–Crippen MR) is 108 cm³/mol. The first-order chi connectivity index (χ1) is 13.0. The number of rotatable bonds is 7. The zero-order valence-electron chi connectivity index (χ0n) is 16.0. The van der Waals surface area contributed by atoms with E-state index in [1.165, 1.54) is 6.08 Å². The molecule has 0 radical (unpaired) electrons. The summed E-state index contributed by atoms with van der Waals surface area (Å²) in [7, 11) is 0. The predicted octanol–water partition coefficient (Wildman–Crippen LogP) is 4.26. The molecule has 0 spiro atoms. The Morgan fingerprint density at radius 3 is 2.93 bits per heavy atom. The molecule has 5 nitrogen and oxygen atoms in total. The van der Waals surface area contributed by atoms with Gasteiger partial charge in [0.1, 0.15) is 6.61 Å². The molecule has 0 amide bonds. The van der Waals surface area contributed by atoms with Crippen molar-refractivity contribution in [1.82, 2.24) is 0 Å². The largest absolute Gasteiger partial charge is 0.475 e. The van der Waals surface area contributed by atoms with Crippen molar-refractivity contribution in [2.75, 3.05) is 19.8 Å². The van der Waals surface area contributed by atoms with Crippen LogP contribution < -0.4 is 0 Å². The fourth-order valence-electron chi connectivity index (χ4n) is 2.56. The highest BCUT2D eigenvalue weighted by Gasteiger charge is 2.18. The molecule has 1 aliphatic carbocycles. The van der Waals surface area contributed by atoms with Crippen molar-refractivity contribution in [3.8, 4) is 0 Å². The number of carbonyl (C=O) groups excluding carboxylic acids is 1. The number of aliphatic imine (C=N–C) groups is 1. The molecule has 2 aliphatic rings. The van der Waals surface area contributed by atoms with Gasteiger partial charge in [-0.2, -0.15) is 0 Å². The lowest BCUT2D eigenvalue weighted by atomic mass is 10.1. The summed E-state index contributed by atoms with van der Waals surface area (Å²) in [5.41, 5.74) is 2.90. The topological polar surface area (TPSA) is 57.1 Å². The van der Waals surface area contributed by atoms with Crippen LogP contribution in [0.5, 0.6) is 0 Å². The van der Waals surface area contributed by atoms with Crippen LogP contribution in [-0.4, -0.2) is 43.2 Å². The van der Waals surface area contributed by atoms with Gasteiger partial charge in [0.15, 0.2) is 0 Å². The molecule has 146 valence electrons. The van der Waals surface area contributed by atoms with Crippen LogP contribution in [0, 0.1) is 0 Å². The monoisotopic (exact) mass is 391 g/mol. The molecule has 0 aromatic carbocycles. The first kappa shape index (κ1) is 21.2. The second-order valence-electron chi connectivity index (χ2n) is 6.21.